The van der Waals surface area contributed by atoms with Crippen LogP contribution in [0.2, 0.25) is 0 Å². The van der Waals surface area contributed by atoms with Crippen LogP contribution in [0.25, 0.3) is 0 Å². The van der Waals surface area contributed by atoms with Crippen LogP contribution in [0.1, 0.15) is 25.6 Å². The topological polar surface area (TPSA) is 110 Å². The van der Waals surface area contributed by atoms with Crippen LogP contribution in [0.15, 0.2) is 30.3 Å². The van der Waals surface area contributed by atoms with Crippen molar-refractivity contribution in [1.82, 2.24) is 5.32 Å². The van der Waals surface area contributed by atoms with Gasteiger partial charge in [-0.05, 0) is 5.56 Å². The number of carbonyl (C=O) groups excluding carboxylic acids is 2. The highest BCUT2D eigenvalue weighted by atomic mass is 32.1. The second-order valence-corrected chi connectivity index (χ2v) is 5.35. The number of anilines is 2. The minimum absolute atomic E-state index is 0.113. The third-order valence-corrected chi connectivity index (χ3v) is 4.08. The van der Waals surface area contributed by atoms with Gasteiger partial charge in [-0.25, -0.2) is 0 Å². The highest BCUT2D eigenvalue weighted by molar-refractivity contribution is 7.19. The van der Waals surface area contributed by atoms with E-state index in [0.29, 0.717) is 11.5 Å². The third kappa shape index (κ3) is 3.14. The summed E-state index contributed by atoms with van der Waals surface area (Å²) in [7, 11) is 1.50. The van der Waals surface area contributed by atoms with Gasteiger partial charge >= 0.3 is 0 Å². The van der Waals surface area contributed by atoms with Crippen molar-refractivity contribution in [2.24, 2.45) is 5.73 Å². The molecule has 0 radical (unpaired) electrons. The molecule has 6 nitrogen and oxygen atoms in total. The molecule has 1 aromatic heterocycles. The number of nitrogens with two attached hydrogens (primary N) is 2. The van der Waals surface area contributed by atoms with Gasteiger partial charge in [-0.3, -0.25) is 9.59 Å². The molecule has 0 aliphatic rings. The summed E-state index contributed by atoms with van der Waals surface area (Å²) in [6, 6.07) is 9.67. The molecule has 0 bridgehead atoms. The fraction of sp³-hybridized carbons (Fsp3) is 0.143. The number of nitrogen functional groups attached to an aromatic ring is 1. The van der Waals surface area contributed by atoms with Gasteiger partial charge in [0.2, 0.25) is 0 Å². The molecule has 1 heterocycles. The Balaban J connectivity index is 2.30. The van der Waals surface area contributed by atoms with E-state index in [4.69, 9.17) is 11.5 Å². The first-order valence-corrected chi connectivity index (χ1v) is 7.08. The van der Waals surface area contributed by atoms with Crippen molar-refractivity contribution < 1.29 is 9.59 Å². The first-order chi connectivity index (χ1) is 10.0. The van der Waals surface area contributed by atoms with Crippen molar-refractivity contribution >= 4 is 33.8 Å². The zero-order chi connectivity index (χ0) is 15.4. The number of rotatable bonds is 5. The Kier molecular flexibility index (Phi) is 4.44. The lowest BCUT2D eigenvalue weighted by molar-refractivity contribution is 0.0967. The molecule has 0 spiro atoms. The van der Waals surface area contributed by atoms with E-state index < -0.39 is 5.91 Å². The number of nitrogens with one attached hydrogen (secondary N) is 2. The van der Waals surface area contributed by atoms with Crippen LogP contribution in [0.4, 0.5) is 10.7 Å². The van der Waals surface area contributed by atoms with Crippen molar-refractivity contribution in [1.29, 1.82) is 0 Å². The average molecular weight is 304 g/mol. The van der Waals surface area contributed by atoms with Crippen molar-refractivity contribution in [2.45, 2.75) is 6.54 Å². The zero-order valence-corrected chi connectivity index (χ0v) is 12.3. The third-order valence-electron chi connectivity index (χ3n) is 2.92. The van der Waals surface area contributed by atoms with E-state index in [1.165, 1.54) is 7.05 Å². The molecule has 7 heteroatoms. The Bertz CT molecular complexity index is 667. The lowest BCUT2D eigenvalue weighted by Gasteiger charge is -2.05. The summed E-state index contributed by atoms with van der Waals surface area (Å²) in [5, 5.41) is 6.10. The molecule has 21 heavy (non-hydrogen) atoms. The van der Waals surface area contributed by atoms with E-state index in [2.05, 4.69) is 10.6 Å². The molecule has 2 aromatic rings. The zero-order valence-electron chi connectivity index (χ0n) is 11.5. The van der Waals surface area contributed by atoms with Crippen LogP contribution in [0.5, 0.6) is 0 Å². The standard InChI is InChI=1S/C14H16N4O2S/c1-17-13(20)11-10(15)9(12(16)19)14(21-11)18-7-8-5-3-2-4-6-8/h2-6,18H,7,15H2,1H3,(H2,16,19)(H,17,20). The molecule has 0 saturated heterocycles. The van der Waals surface area contributed by atoms with Gasteiger partial charge in [-0.2, -0.15) is 0 Å². The Labute approximate surface area is 126 Å². The van der Waals surface area contributed by atoms with Gasteiger partial charge < -0.3 is 22.1 Å². The van der Waals surface area contributed by atoms with Crippen LogP contribution in [0, 0.1) is 0 Å². The molecule has 0 fully saturated rings. The molecular formula is C14H16N4O2S. The fourth-order valence-corrected chi connectivity index (χ4v) is 2.94. The van der Waals surface area contributed by atoms with Gasteiger partial charge in [0.1, 0.15) is 9.88 Å². The minimum Gasteiger partial charge on any atom is -0.397 e. The molecular weight excluding hydrogens is 288 g/mol. The second kappa shape index (κ2) is 6.27. The highest BCUT2D eigenvalue weighted by Crippen LogP contribution is 2.35. The van der Waals surface area contributed by atoms with Gasteiger partial charge in [0.15, 0.2) is 0 Å². The molecule has 1 aromatic carbocycles. The summed E-state index contributed by atoms with van der Waals surface area (Å²) in [5.74, 6) is -0.998. The summed E-state index contributed by atoms with van der Waals surface area (Å²) >= 11 is 1.12. The van der Waals surface area contributed by atoms with E-state index >= 15 is 0 Å². The molecule has 2 rings (SSSR count). The number of hydrogen-bond acceptors (Lipinski definition) is 5. The molecule has 0 saturated carbocycles. The smallest absolute Gasteiger partial charge is 0.263 e. The molecule has 0 atom stereocenters. The van der Waals surface area contributed by atoms with Gasteiger partial charge in [-0.15, -0.1) is 11.3 Å². The van der Waals surface area contributed by atoms with Crippen LogP contribution in [-0.2, 0) is 6.54 Å². The number of benzene rings is 1. The maximum absolute atomic E-state index is 11.7. The van der Waals surface area contributed by atoms with Crippen LogP contribution >= 0.6 is 11.3 Å². The van der Waals surface area contributed by atoms with Crippen molar-refractivity contribution in [3.05, 3.63) is 46.3 Å². The molecule has 110 valence electrons. The van der Waals surface area contributed by atoms with Gasteiger partial charge in [0, 0.05) is 13.6 Å². The molecule has 0 aliphatic carbocycles. The predicted octanol–water partition coefficient (Wildman–Crippen LogP) is 1.40. The molecule has 0 unspecified atom stereocenters. The van der Waals surface area contributed by atoms with E-state index in [9.17, 15) is 9.59 Å². The lowest BCUT2D eigenvalue weighted by Crippen LogP contribution is -2.19. The summed E-state index contributed by atoms with van der Waals surface area (Å²) in [5.41, 5.74) is 12.5. The van der Waals surface area contributed by atoms with Gasteiger partial charge in [0.25, 0.3) is 11.8 Å². The number of carbonyl (C=O) groups is 2. The normalized spacial score (nSPS) is 10.1. The van der Waals surface area contributed by atoms with E-state index in [1.54, 1.807) is 0 Å². The first-order valence-electron chi connectivity index (χ1n) is 6.26. The lowest BCUT2D eigenvalue weighted by atomic mass is 10.2. The van der Waals surface area contributed by atoms with E-state index in [0.717, 1.165) is 16.9 Å². The molecule has 6 N–H and O–H groups in total. The highest BCUT2D eigenvalue weighted by Gasteiger charge is 2.23. The van der Waals surface area contributed by atoms with Crippen LogP contribution < -0.4 is 22.1 Å². The summed E-state index contributed by atoms with van der Waals surface area (Å²) in [4.78, 5) is 23.6. The maximum Gasteiger partial charge on any atom is 0.263 e. The summed E-state index contributed by atoms with van der Waals surface area (Å²) in [6.07, 6.45) is 0. The number of primary amides is 1. The van der Waals surface area contributed by atoms with Crippen LogP contribution in [0.3, 0.4) is 0 Å². The Morgan fingerprint density at radius 2 is 1.90 bits per heavy atom. The second-order valence-electron chi connectivity index (χ2n) is 4.33. The summed E-state index contributed by atoms with van der Waals surface area (Å²) in [6.45, 7) is 0.508. The molecule has 0 aliphatic heterocycles. The number of amides is 2. The summed E-state index contributed by atoms with van der Waals surface area (Å²) < 4.78 is 0. The van der Waals surface area contributed by atoms with E-state index in [1.807, 2.05) is 30.3 Å². The Morgan fingerprint density at radius 3 is 2.48 bits per heavy atom. The van der Waals surface area contributed by atoms with Crippen LogP contribution in [-0.4, -0.2) is 18.9 Å². The van der Waals surface area contributed by atoms with Crippen molar-refractivity contribution in [3.8, 4) is 0 Å². The predicted molar refractivity (Wildman–Crippen MR) is 84.4 cm³/mol. The minimum atomic E-state index is -0.658. The van der Waals surface area contributed by atoms with E-state index in [-0.39, 0.29) is 22.0 Å². The first kappa shape index (κ1) is 14.9. The van der Waals surface area contributed by atoms with Gasteiger partial charge in [0.05, 0.1) is 11.3 Å². The van der Waals surface area contributed by atoms with Crippen molar-refractivity contribution in [3.63, 3.8) is 0 Å². The monoisotopic (exact) mass is 304 g/mol. The van der Waals surface area contributed by atoms with Gasteiger partial charge in [-0.1, -0.05) is 30.3 Å². The largest absolute Gasteiger partial charge is 0.397 e. The number of hydrogen-bond donors (Lipinski definition) is 4. The maximum atomic E-state index is 11.7. The Hall–Kier alpha value is -2.54. The fourth-order valence-electron chi connectivity index (χ4n) is 1.87. The Morgan fingerprint density at radius 1 is 1.24 bits per heavy atom. The SMILES string of the molecule is CNC(=O)c1sc(NCc2ccccc2)c(C(N)=O)c1N. The average Bonchev–Trinajstić information content (AvgIpc) is 2.82. The molecule has 2 amide bonds. The number of thiophene rings is 1. The van der Waals surface area contributed by atoms with Crippen molar-refractivity contribution in [2.75, 3.05) is 18.1 Å². The quantitative estimate of drug-likeness (QED) is 0.669.